The van der Waals surface area contributed by atoms with Gasteiger partial charge in [-0.3, -0.25) is 0 Å². The van der Waals surface area contributed by atoms with Crippen molar-refractivity contribution in [3.8, 4) is 74.8 Å². The second-order valence-electron chi connectivity index (χ2n) is 14.1. The molecular weight excluding hydrogens is 832 g/mol. The Hall–Kier alpha value is -6.45. The summed E-state index contributed by atoms with van der Waals surface area (Å²) < 4.78 is 34.0. The first kappa shape index (κ1) is 46.1. The second kappa shape index (κ2) is 21.6. The SMILES string of the molecule is CCCOc1ccc(-c2nnc(-c3ccc(C#CC(N)(CO)CO)cc3)o2)cc1Cl.CCOc1ccc(-c2nc(-c3ccc4oc(N(C)C(CO)CO)cc4c3)no2)cc1OCC. The largest absolute Gasteiger partial charge is 0.492 e. The third-order valence-electron chi connectivity index (χ3n) is 9.51. The number of hydrogen-bond acceptors (Lipinski definition) is 16. The van der Waals surface area contributed by atoms with E-state index >= 15 is 0 Å². The van der Waals surface area contributed by atoms with Crippen molar-refractivity contribution >= 4 is 28.5 Å². The molecule has 0 unspecified atom stereocenters. The molecule has 330 valence electrons. The van der Waals surface area contributed by atoms with Crippen LogP contribution >= 0.6 is 11.6 Å². The Balaban J connectivity index is 0.000000211. The van der Waals surface area contributed by atoms with Crippen molar-refractivity contribution < 1.29 is 48.0 Å². The maximum atomic E-state index is 9.43. The van der Waals surface area contributed by atoms with E-state index in [0.29, 0.717) is 88.2 Å². The lowest BCUT2D eigenvalue weighted by atomic mass is 10.0. The molecule has 7 aromatic rings. The number of benzene rings is 4. The molecule has 0 saturated heterocycles. The number of aliphatic hydroxyl groups excluding tert-OH is 4. The monoisotopic (exact) mass is 880 g/mol. The number of anilines is 1. The summed E-state index contributed by atoms with van der Waals surface area (Å²) in [5, 5.41) is 50.9. The van der Waals surface area contributed by atoms with E-state index < -0.39 is 24.8 Å². The Morgan fingerprint density at radius 1 is 0.730 bits per heavy atom. The van der Waals surface area contributed by atoms with Crippen molar-refractivity contribution in [2.45, 2.75) is 38.8 Å². The fraction of sp³-hybridized carbons (Fsp3) is 0.304. The summed E-state index contributed by atoms with van der Waals surface area (Å²) in [7, 11) is 1.76. The minimum atomic E-state index is -1.33. The van der Waals surface area contributed by atoms with Gasteiger partial charge in [0.15, 0.2) is 17.4 Å². The summed E-state index contributed by atoms with van der Waals surface area (Å²) in [6.45, 7) is 6.27. The molecule has 0 aliphatic heterocycles. The molecule has 0 fully saturated rings. The maximum Gasteiger partial charge on any atom is 0.258 e. The van der Waals surface area contributed by atoms with Crippen LogP contribution in [0.2, 0.25) is 5.02 Å². The molecule has 17 heteroatoms. The van der Waals surface area contributed by atoms with E-state index in [1.54, 1.807) is 48.3 Å². The lowest BCUT2D eigenvalue weighted by Crippen LogP contribution is -2.45. The summed E-state index contributed by atoms with van der Waals surface area (Å²) in [5.74, 6) is 9.46. The Morgan fingerprint density at radius 3 is 2.02 bits per heavy atom. The normalized spacial score (nSPS) is 11.2. The molecule has 16 nitrogen and oxygen atoms in total. The summed E-state index contributed by atoms with van der Waals surface area (Å²) in [6, 6.07) is 24.9. The molecule has 6 N–H and O–H groups in total. The topological polar surface area (TPSA) is 229 Å². The third-order valence-corrected chi connectivity index (χ3v) is 9.81. The van der Waals surface area contributed by atoms with Crippen LogP contribution in [-0.4, -0.2) is 106 Å². The zero-order chi connectivity index (χ0) is 44.9. The van der Waals surface area contributed by atoms with Gasteiger partial charge in [-0.1, -0.05) is 35.5 Å². The van der Waals surface area contributed by atoms with Crippen LogP contribution in [0.3, 0.4) is 0 Å². The lowest BCUT2D eigenvalue weighted by molar-refractivity contribution is 0.158. The van der Waals surface area contributed by atoms with Crippen LogP contribution in [0.15, 0.2) is 98.3 Å². The van der Waals surface area contributed by atoms with E-state index in [1.165, 1.54) is 0 Å². The van der Waals surface area contributed by atoms with Crippen LogP contribution in [0.4, 0.5) is 5.88 Å². The fourth-order valence-electron chi connectivity index (χ4n) is 5.91. The lowest BCUT2D eigenvalue weighted by Gasteiger charge is -2.23. The van der Waals surface area contributed by atoms with E-state index in [1.807, 2.05) is 69.3 Å². The van der Waals surface area contributed by atoms with Gasteiger partial charge >= 0.3 is 0 Å². The van der Waals surface area contributed by atoms with Crippen LogP contribution in [0.25, 0.3) is 56.7 Å². The van der Waals surface area contributed by atoms with Gasteiger partial charge in [-0.2, -0.15) is 4.98 Å². The molecule has 0 saturated carbocycles. The molecular formula is C46H49ClN6O10. The van der Waals surface area contributed by atoms with Crippen molar-refractivity contribution in [1.29, 1.82) is 0 Å². The highest BCUT2D eigenvalue weighted by Gasteiger charge is 2.21. The van der Waals surface area contributed by atoms with Crippen LogP contribution in [0.5, 0.6) is 17.2 Å². The number of rotatable bonds is 17. The summed E-state index contributed by atoms with van der Waals surface area (Å²) in [6.07, 6.45) is 0.894. The van der Waals surface area contributed by atoms with Gasteiger partial charge in [0.25, 0.3) is 5.89 Å². The van der Waals surface area contributed by atoms with Gasteiger partial charge in [-0.25, -0.2) is 0 Å². The van der Waals surface area contributed by atoms with Crippen LogP contribution in [0.1, 0.15) is 32.8 Å². The summed E-state index contributed by atoms with van der Waals surface area (Å²) >= 11 is 6.27. The maximum absolute atomic E-state index is 9.43. The molecule has 3 heterocycles. The zero-order valence-corrected chi connectivity index (χ0v) is 36.0. The van der Waals surface area contributed by atoms with Gasteiger partial charge < -0.3 is 58.6 Å². The number of fused-ring (bicyclic) bond motifs is 1. The third kappa shape index (κ3) is 11.3. The zero-order valence-electron chi connectivity index (χ0n) is 35.2. The highest BCUT2D eigenvalue weighted by molar-refractivity contribution is 6.32. The number of nitrogens with two attached hydrogens (primary N) is 1. The molecule has 0 radical (unpaired) electrons. The van der Waals surface area contributed by atoms with E-state index in [9.17, 15) is 20.4 Å². The number of furan rings is 1. The number of hydrogen-bond donors (Lipinski definition) is 5. The first-order chi connectivity index (χ1) is 30.5. The molecule has 63 heavy (non-hydrogen) atoms. The molecule has 0 spiro atoms. The van der Waals surface area contributed by atoms with E-state index in [2.05, 4.69) is 32.2 Å². The minimum Gasteiger partial charge on any atom is -0.492 e. The van der Waals surface area contributed by atoms with Gasteiger partial charge in [0.1, 0.15) is 16.9 Å². The van der Waals surface area contributed by atoms with Crippen LogP contribution in [-0.2, 0) is 0 Å². The van der Waals surface area contributed by atoms with Crippen LogP contribution < -0.4 is 24.8 Å². The van der Waals surface area contributed by atoms with E-state index in [-0.39, 0.29) is 13.2 Å². The Bertz CT molecular complexity index is 2630. The van der Waals surface area contributed by atoms with Crippen LogP contribution in [0, 0.1) is 11.8 Å². The van der Waals surface area contributed by atoms with Crippen molar-refractivity contribution in [3.05, 3.63) is 95.5 Å². The number of halogens is 1. The first-order valence-corrected chi connectivity index (χ1v) is 20.6. The van der Waals surface area contributed by atoms with Gasteiger partial charge in [-0.15, -0.1) is 10.2 Å². The second-order valence-corrected chi connectivity index (χ2v) is 14.5. The van der Waals surface area contributed by atoms with Crippen molar-refractivity contribution in [2.24, 2.45) is 5.73 Å². The fourth-order valence-corrected chi connectivity index (χ4v) is 6.14. The average Bonchev–Trinajstić information content (AvgIpc) is 4.10. The first-order valence-electron chi connectivity index (χ1n) is 20.2. The molecule has 7 rings (SSSR count). The quantitative estimate of drug-likeness (QED) is 0.0606. The molecule has 3 aromatic heterocycles. The van der Waals surface area contributed by atoms with Gasteiger partial charge in [0.2, 0.25) is 17.6 Å². The Morgan fingerprint density at radius 2 is 1.37 bits per heavy atom. The van der Waals surface area contributed by atoms with Gasteiger partial charge in [0.05, 0.1) is 57.3 Å². The van der Waals surface area contributed by atoms with Crippen molar-refractivity contribution in [2.75, 3.05) is 58.2 Å². The molecule has 0 atom stereocenters. The number of aliphatic hydroxyl groups is 4. The van der Waals surface area contributed by atoms with Crippen molar-refractivity contribution in [3.63, 3.8) is 0 Å². The standard InChI is InChI=1S/C24H27N3O6.C22H22ClN3O4/c1-4-30-20-9-7-16(11-21(20)31-5-2)24-25-23(26-33-24)15-6-8-19-17(10-15)12-22(32-19)27(3)18(13-28)14-29;1-2-11-29-19-8-7-17(12-18(19)23)21-26-25-20(30-21)16-5-3-15(4-6-16)9-10-22(24,13-27)14-28/h6-12,18,28-29H,4-5,13-14H2,1-3H3;3-8,12,27-28H,2,11,13-14,24H2,1H3. The van der Waals surface area contributed by atoms with Gasteiger partial charge in [-0.05, 0) is 99.1 Å². The average molecular weight is 881 g/mol. The molecule has 0 amide bonds. The summed E-state index contributed by atoms with van der Waals surface area (Å²) in [4.78, 5) is 6.25. The predicted molar refractivity (Wildman–Crippen MR) is 238 cm³/mol. The molecule has 4 aromatic carbocycles. The smallest absolute Gasteiger partial charge is 0.258 e. The van der Waals surface area contributed by atoms with E-state index in [4.69, 9.17) is 44.9 Å². The number of likely N-dealkylation sites (N-methyl/N-ethyl adjacent to an activating group) is 1. The number of aromatic nitrogens is 4. The van der Waals surface area contributed by atoms with E-state index in [0.717, 1.165) is 28.5 Å². The molecule has 0 bridgehead atoms. The summed E-state index contributed by atoms with van der Waals surface area (Å²) in [5.41, 5.74) is 8.66. The highest BCUT2D eigenvalue weighted by atomic mass is 35.5. The Kier molecular flexibility index (Phi) is 15.8. The minimum absolute atomic E-state index is 0.183. The number of nitrogens with zero attached hydrogens (tertiary/aromatic N) is 5. The molecule has 0 aliphatic rings. The Labute approximate surface area is 368 Å². The molecule has 0 aliphatic carbocycles. The van der Waals surface area contributed by atoms with Crippen molar-refractivity contribution in [1.82, 2.24) is 20.3 Å². The van der Waals surface area contributed by atoms with Gasteiger partial charge in [0, 0.05) is 46.3 Å². The predicted octanol–water partition coefficient (Wildman–Crippen LogP) is 6.62. The number of ether oxygens (including phenoxy) is 3. The highest BCUT2D eigenvalue weighted by Crippen LogP contribution is 2.35.